The summed E-state index contributed by atoms with van der Waals surface area (Å²) in [5, 5.41) is 21.7. The maximum absolute atomic E-state index is 13.1. The number of amides is 1. The van der Waals surface area contributed by atoms with E-state index in [2.05, 4.69) is 5.32 Å². The van der Waals surface area contributed by atoms with Crippen LogP contribution >= 0.6 is 0 Å². The van der Waals surface area contributed by atoms with Crippen molar-refractivity contribution in [2.75, 3.05) is 13.2 Å². The van der Waals surface area contributed by atoms with Crippen LogP contribution in [-0.2, 0) is 11.2 Å². The van der Waals surface area contributed by atoms with Gasteiger partial charge in [0, 0.05) is 25.0 Å². The lowest BCUT2D eigenvalue weighted by Crippen LogP contribution is -2.49. The number of halogens is 2. The van der Waals surface area contributed by atoms with E-state index in [0.29, 0.717) is 24.8 Å². The highest BCUT2D eigenvalue weighted by Gasteiger charge is 2.42. The molecule has 0 heterocycles. The van der Waals surface area contributed by atoms with Crippen molar-refractivity contribution in [2.24, 2.45) is 11.8 Å². The molecule has 1 saturated carbocycles. The number of benzene rings is 1. The number of carbonyl (C=O) groups excluding carboxylic acids is 1. The van der Waals surface area contributed by atoms with E-state index < -0.39 is 17.2 Å². The lowest BCUT2D eigenvalue weighted by molar-refractivity contribution is -0.139. The molecule has 1 aliphatic carbocycles. The van der Waals surface area contributed by atoms with E-state index in [9.17, 15) is 23.8 Å². The Hall–Kier alpha value is -1.53. The average molecular weight is 313 g/mol. The second-order valence-corrected chi connectivity index (χ2v) is 6.35. The van der Waals surface area contributed by atoms with Gasteiger partial charge in [-0.05, 0) is 43.9 Å². The van der Waals surface area contributed by atoms with Crippen LogP contribution in [0.25, 0.3) is 0 Å². The summed E-state index contributed by atoms with van der Waals surface area (Å²) < 4.78 is 26.0. The van der Waals surface area contributed by atoms with Gasteiger partial charge in [-0.2, -0.15) is 0 Å². The normalized spacial score (nSPS) is 25.4. The zero-order valence-corrected chi connectivity index (χ0v) is 12.5. The van der Waals surface area contributed by atoms with E-state index in [0.717, 1.165) is 12.1 Å². The molecular weight excluding hydrogens is 292 g/mol. The number of rotatable bonds is 6. The summed E-state index contributed by atoms with van der Waals surface area (Å²) in [5.41, 5.74) is -0.192. The molecular formula is C16H21F2NO3. The molecule has 3 N–H and O–H groups in total. The van der Waals surface area contributed by atoms with Crippen LogP contribution < -0.4 is 5.32 Å². The van der Waals surface area contributed by atoms with Crippen molar-refractivity contribution in [3.63, 3.8) is 0 Å². The van der Waals surface area contributed by atoms with E-state index in [1.54, 1.807) is 6.92 Å². The molecule has 2 rings (SSSR count). The van der Waals surface area contributed by atoms with E-state index in [4.69, 9.17) is 0 Å². The van der Waals surface area contributed by atoms with Crippen LogP contribution in [0.4, 0.5) is 8.78 Å². The molecule has 1 aromatic rings. The first-order valence-electron chi connectivity index (χ1n) is 7.35. The molecule has 0 saturated heterocycles. The Labute approximate surface area is 128 Å². The van der Waals surface area contributed by atoms with E-state index in [-0.39, 0.29) is 30.9 Å². The second-order valence-electron chi connectivity index (χ2n) is 6.35. The van der Waals surface area contributed by atoms with Gasteiger partial charge in [0.15, 0.2) is 11.6 Å². The number of hydrogen-bond donors (Lipinski definition) is 3. The predicted molar refractivity (Wildman–Crippen MR) is 77.0 cm³/mol. The van der Waals surface area contributed by atoms with E-state index in [1.165, 1.54) is 6.07 Å². The molecule has 1 aliphatic rings. The molecule has 6 heteroatoms. The Balaban J connectivity index is 1.82. The molecule has 0 aliphatic heterocycles. The van der Waals surface area contributed by atoms with Crippen LogP contribution in [0, 0.1) is 23.5 Å². The van der Waals surface area contributed by atoms with Crippen molar-refractivity contribution < 1.29 is 23.8 Å². The van der Waals surface area contributed by atoms with Crippen LogP contribution in [0.15, 0.2) is 18.2 Å². The third-order valence-corrected chi connectivity index (χ3v) is 4.07. The van der Waals surface area contributed by atoms with Gasteiger partial charge in [0.05, 0.1) is 5.60 Å². The second kappa shape index (κ2) is 6.71. The van der Waals surface area contributed by atoms with Crippen LogP contribution in [0.3, 0.4) is 0 Å². The molecule has 4 nitrogen and oxygen atoms in total. The van der Waals surface area contributed by atoms with Gasteiger partial charge >= 0.3 is 0 Å². The summed E-state index contributed by atoms with van der Waals surface area (Å²) in [4.78, 5) is 11.9. The van der Waals surface area contributed by atoms with Crippen molar-refractivity contribution >= 4 is 5.91 Å². The summed E-state index contributed by atoms with van der Waals surface area (Å²) in [6.45, 7) is 1.78. The smallest absolute Gasteiger partial charge is 0.223 e. The van der Waals surface area contributed by atoms with E-state index in [1.807, 2.05) is 0 Å². The van der Waals surface area contributed by atoms with Gasteiger partial charge in [0.1, 0.15) is 0 Å². The molecule has 1 atom stereocenters. The first kappa shape index (κ1) is 16.8. The lowest BCUT2D eigenvalue weighted by atomic mass is 9.72. The van der Waals surface area contributed by atoms with Crippen LogP contribution in [-0.4, -0.2) is 34.9 Å². The first-order valence-corrected chi connectivity index (χ1v) is 7.35. The number of aliphatic hydroxyl groups is 2. The fraction of sp³-hybridized carbons (Fsp3) is 0.562. The summed E-state index contributed by atoms with van der Waals surface area (Å²) in [7, 11) is 0. The molecule has 0 spiro atoms. The molecule has 22 heavy (non-hydrogen) atoms. The molecule has 1 aromatic carbocycles. The Morgan fingerprint density at radius 3 is 2.64 bits per heavy atom. The fourth-order valence-electron chi connectivity index (χ4n) is 2.78. The van der Waals surface area contributed by atoms with Gasteiger partial charge in [0.25, 0.3) is 0 Å². The van der Waals surface area contributed by atoms with Crippen LogP contribution in [0.1, 0.15) is 25.3 Å². The summed E-state index contributed by atoms with van der Waals surface area (Å²) in [5.74, 6) is -2.44. The highest BCUT2D eigenvalue weighted by Crippen LogP contribution is 2.37. The molecule has 122 valence electrons. The van der Waals surface area contributed by atoms with Gasteiger partial charge in [-0.1, -0.05) is 6.07 Å². The largest absolute Gasteiger partial charge is 0.396 e. The van der Waals surface area contributed by atoms with Crippen molar-refractivity contribution in [3.8, 4) is 0 Å². The standard InChI is InChI=1S/C16H21F2NO3/c1-16(22)6-12(7-16)15(21)19-8-11(9-20)4-10-2-3-13(17)14(18)5-10/h2-3,5,11-12,20,22H,4,6-9H2,1H3,(H,19,21). The third kappa shape index (κ3) is 4.24. The monoisotopic (exact) mass is 313 g/mol. The highest BCUT2D eigenvalue weighted by molar-refractivity contribution is 5.79. The fourth-order valence-corrected chi connectivity index (χ4v) is 2.78. The van der Waals surface area contributed by atoms with Crippen molar-refractivity contribution in [1.82, 2.24) is 5.32 Å². The molecule has 0 aromatic heterocycles. The zero-order valence-electron chi connectivity index (χ0n) is 12.5. The van der Waals surface area contributed by atoms with Gasteiger partial charge in [0.2, 0.25) is 5.91 Å². The summed E-state index contributed by atoms with van der Waals surface area (Å²) >= 11 is 0. The molecule has 0 radical (unpaired) electrons. The molecule has 1 fully saturated rings. The Bertz CT molecular complexity index is 540. The van der Waals surface area contributed by atoms with Crippen LogP contribution in [0.5, 0.6) is 0 Å². The molecule has 1 amide bonds. The van der Waals surface area contributed by atoms with Gasteiger partial charge in [-0.3, -0.25) is 4.79 Å². The van der Waals surface area contributed by atoms with Gasteiger partial charge < -0.3 is 15.5 Å². The minimum Gasteiger partial charge on any atom is -0.396 e. The number of aliphatic hydroxyl groups excluding tert-OH is 1. The Morgan fingerprint density at radius 1 is 1.41 bits per heavy atom. The van der Waals surface area contributed by atoms with Gasteiger partial charge in [-0.25, -0.2) is 8.78 Å². The van der Waals surface area contributed by atoms with E-state index >= 15 is 0 Å². The maximum atomic E-state index is 13.1. The van der Waals surface area contributed by atoms with Crippen molar-refractivity contribution in [3.05, 3.63) is 35.4 Å². The predicted octanol–water partition coefficient (Wildman–Crippen LogP) is 1.39. The first-order chi connectivity index (χ1) is 10.3. The lowest BCUT2D eigenvalue weighted by Gasteiger charge is -2.39. The maximum Gasteiger partial charge on any atom is 0.223 e. The number of hydrogen-bond acceptors (Lipinski definition) is 3. The minimum atomic E-state index is -0.921. The topological polar surface area (TPSA) is 69.6 Å². The van der Waals surface area contributed by atoms with Crippen LogP contribution in [0.2, 0.25) is 0 Å². The zero-order chi connectivity index (χ0) is 16.3. The quantitative estimate of drug-likeness (QED) is 0.743. The Morgan fingerprint density at radius 2 is 2.09 bits per heavy atom. The number of nitrogens with one attached hydrogen (secondary N) is 1. The number of carbonyl (C=O) groups is 1. The summed E-state index contributed by atoms with van der Waals surface area (Å²) in [6, 6.07) is 3.61. The van der Waals surface area contributed by atoms with Crippen molar-refractivity contribution in [1.29, 1.82) is 0 Å². The highest BCUT2D eigenvalue weighted by atomic mass is 19.2. The SMILES string of the molecule is CC1(O)CC(C(=O)NCC(CO)Cc2ccc(F)c(F)c2)C1. The molecule has 0 bridgehead atoms. The average Bonchev–Trinajstić information content (AvgIpc) is 2.44. The summed E-state index contributed by atoms with van der Waals surface area (Å²) in [6.07, 6.45) is 1.22. The minimum absolute atomic E-state index is 0.143. The molecule has 1 unspecified atom stereocenters. The van der Waals surface area contributed by atoms with Crippen molar-refractivity contribution in [2.45, 2.75) is 31.8 Å². The van der Waals surface area contributed by atoms with Gasteiger partial charge in [-0.15, -0.1) is 0 Å². The third-order valence-electron chi connectivity index (χ3n) is 4.07. The Kier molecular flexibility index (Phi) is 5.13.